The number of anilines is 1. The minimum atomic E-state index is -0.163. The molecule has 0 unspecified atom stereocenters. The van der Waals surface area contributed by atoms with Crippen LogP contribution in [0.5, 0.6) is 0 Å². The third-order valence-electron chi connectivity index (χ3n) is 5.30. The van der Waals surface area contributed by atoms with Gasteiger partial charge in [-0.05, 0) is 44.2 Å². The van der Waals surface area contributed by atoms with Crippen LogP contribution in [0.4, 0.5) is 5.69 Å². The molecule has 2 atom stereocenters. The quantitative estimate of drug-likeness (QED) is 0.772. The van der Waals surface area contributed by atoms with Gasteiger partial charge < -0.3 is 20.3 Å². The molecular formula is C20H30N4O3. The maximum absolute atomic E-state index is 12.6. The Hall–Kier alpha value is -2.12. The van der Waals surface area contributed by atoms with E-state index in [0.29, 0.717) is 25.1 Å². The fourth-order valence-corrected chi connectivity index (χ4v) is 3.84. The summed E-state index contributed by atoms with van der Waals surface area (Å²) in [6.45, 7) is 9.32. The second-order valence-corrected chi connectivity index (χ2v) is 7.05. The molecule has 2 amide bonds. The van der Waals surface area contributed by atoms with Gasteiger partial charge in [-0.15, -0.1) is 0 Å². The molecule has 1 aromatic carbocycles. The summed E-state index contributed by atoms with van der Waals surface area (Å²) in [6.07, 6.45) is 0.650. The van der Waals surface area contributed by atoms with Crippen molar-refractivity contribution in [3.05, 3.63) is 29.8 Å². The number of likely N-dealkylation sites (tertiary alicyclic amines) is 1. The predicted molar refractivity (Wildman–Crippen MR) is 105 cm³/mol. The smallest absolute Gasteiger partial charge is 0.251 e. The van der Waals surface area contributed by atoms with Gasteiger partial charge in [0.15, 0.2) is 0 Å². The Morgan fingerprint density at radius 1 is 1.15 bits per heavy atom. The molecule has 2 N–H and O–H groups in total. The van der Waals surface area contributed by atoms with Crippen molar-refractivity contribution in [1.82, 2.24) is 15.5 Å². The van der Waals surface area contributed by atoms with E-state index in [-0.39, 0.29) is 23.9 Å². The summed E-state index contributed by atoms with van der Waals surface area (Å²) in [5.41, 5.74) is 1.76. The zero-order valence-electron chi connectivity index (χ0n) is 16.2. The minimum Gasteiger partial charge on any atom is -0.378 e. The summed E-state index contributed by atoms with van der Waals surface area (Å²) in [5, 5.41) is 5.98. The van der Waals surface area contributed by atoms with E-state index in [1.54, 1.807) is 0 Å². The predicted octanol–water partition coefficient (Wildman–Crippen LogP) is 0.852. The van der Waals surface area contributed by atoms with Crippen molar-refractivity contribution in [3.8, 4) is 0 Å². The van der Waals surface area contributed by atoms with Gasteiger partial charge in [0.2, 0.25) is 5.91 Å². The highest BCUT2D eigenvalue weighted by molar-refractivity contribution is 5.95. The number of ether oxygens (including phenoxy) is 1. The van der Waals surface area contributed by atoms with Crippen LogP contribution in [0, 0.1) is 0 Å². The number of nitrogens with one attached hydrogen (secondary N) is 2. The Morgan fingerprint density at radius 3 is 2.48 bits per heavy atom. The molecule has 0 aliphatic carbocycles. The van der Waals surface area contributed by atoms with E-state index in [2.05, 4.69) is 20.4 Å². The van der Waals surface area contributed by atoms with Crippen molar-refractivity contribution >= 4 is 17.5 Å². The Kier molecular flexibility index (Phi) is 6.68. The molecule has 2 aliphatic heterocycles. The van der Waals surface area contributed by atoms with Gasteiger partial charge in [-0.3, -0.25) is 14.5 Å². The summed E-state index contributed by atoms with van der Waals surface area (Å²) < 4.78 is 5.38. The lowest BCUT2D eigenvalue weighted by atomic mass is 10.1. The summed E-state index contributed by atoms with van der Waals surface area (Å²) >= 11 is 0. The van der Waals surface area contributed by atoms with Gasteiger partial charge in [0, 0.05) is 43.5 Å². The number of carbonyl (C=O) groups excluding carboxylic acids is 2. The first kappa shape index (κ1) is 19.6. The monoisotopic (exact) mass is 374 g/mol. The summed E-state index contributed by atoms with van der Waals surface area (Å²) in [4.78, 5) is 29.2. The van der Waals surface area contributed by atoms with Gasteiger partial charge in [-0.2, -0.15) is 0 Å². The van der Waals surface area contributed by atoms with Crippen LogP contribution in [-0.2, 0) is 9.53 Å². The molecule has 2 saturated heterocycles. The molecule has 0 saturated carbocycles. The minimum absolute atomic E-state index is 0.0102. The molecule has 27 heavy (non-hydrogen) atoms. The third-order valence-corrected chi connectivity index (χ3v) is 5.30. The highest BCUT2D eigenvalue weighted by atomic mass is 16.5. The lowest BCUT2D eigenvalue weighted by Gasteiger charge is -2.28. The molecule has 2 aliphatic rings. The van der Waals surface area contributed by atoms with Crippen LogP contribution in [0.3, 0.4) is 0 Å². The second-order valence-electron chi connectivity index (χ2n) is 7.05. The van der Waals surface area contributed by atoms with E-state index < -0.39 is 0 Å². The molecule has 0 spiro atoms. The topological polar surface area (TPSA) is 73.9 Å². The van der Waals surface area contributed by atoms with E-state index in [9.17, 15) is 9.59 Å². The Bertz CT molecular complexity index is 643. The number of nitrogens with zero attached hydrogens (tertiary/aromatic N) is 2. The number of rotatable bonds is 6. The molecule has 3 rings (SSSR count). The first-order valence-electron chi connectivity index (χ1n) is 9.87. The lowest BCUT2D eigenvalue weighted by Crippen LogP contribution is -2.42. The fourth-order valence-electron chi connectivity index (χ4n) is 3.84. The van der Waals surface area contributed by atoms with Gasteiger partial charge in [-0.25, -0.2) is 0 Å². The van der Waals surface area contributed by atoms with Gasteiger partial charge in [0.25, 0.3) is 5.91 Å². The van der Waals surface area contributed by atoms with Crippen LogP contribution >= 0.6 is 0 Å². The van der Waals surface area contributed by atoms with Crippen molar-refractivity contribution in [1.29, 1.82) is 0 Å². The maximum atomic E-state index is 12.6. The average Bonchev–Trinajstić information content (AvgIpc) is 3.12. The normalized spacial score (nSPS) is 23.3. The van der Waals surface area contributed by atoms with Crippen LogP contribution in [0.2, 0.25) is 0 Å². The molecular weight excluding hydrogens is 344 g/mol. The summed E-state index contributed by atoms with van der Waals surface area (Å²) in [7, 11) is 0. The van der Waals surface area contributed by atoms with Crippen molar-refractivity contribution < 1.29 is 14.3 Å². The lowest BCUT2D eigenvalue weighted by molar-refractivity contribution is -0.125. The molecule has 0 radical (unpaired) electrons. The van der Waals surface area contributed by atoms with Crippen LogP contribution in [0.15, 0.2) is 24.3 Å². The number of amides is 2. The molecule has 7 heteroatoms. The van der Waals surface area contributed by atoms with Gasteiger partial charge >= 0.3 is 0 Å². The van der Waals surface area contributed by atoms with Crippen LogP contribution in [0.1, 0.15) is 30.6 Å². The second kappa shape index (κ2) is 9.19. The first-order chi connectivity index (χ1) is 13.1. The highest BCUT2D eigenvalue weighted by Crippen LogP contribution is 2.20. The van der Waals surface area contributed by atoms with Gasteiger partial charge in [0.1, 0.15) is 0 Å². The summed E-state index contributed by atoms with van der Waals surface area (Å²) in [5.74, 6) is -0.0351. The van der Waals surface area contributed by atoms with Crippen LogP contribution in [-0.4, -0.2) is 74.7 Å². The SMILES string of the molecule is CCNC(=O)[C@@H]1C[C@H](NC(=O)c2ccc(N3CCOCC3)cc2)CN1CC. The van der Waals surface area contributed by atoms with E-state index in [1.165, 1.54) is 0 Å². The van der Waals surface area contributed by atoms with Crippen LogP contribution < -0.4 is 15.5 Å². The summed E-state index contributed by atoms with van der Waals surface area (Å²) in [6, 6.07) is 7.55. The van der Waals surface area contributed by atoms with Gasteiger partial charge in [0.05, 0.1) is 19.3 Å². The van der Waals surface area contributed by atoms with Crippen molar-refractivity contribution in [2.45, 2.75) is 32.4 Å². The van der Waals surface area contributed by atoms with Crippen molar-refractivity contribution in [2.75, 3.05) is 50.8 Å². The van der Waals surface area contributed by atoms with E-state index in [4.69, 9.17) is 4.74 Å². The molecule has 148 valence electrons. The van der Waals surface area contributed by atoms with E-state index in [0.717, 1.165) is 38.5 Å². The Morgan fingerprint density at radius 2 is 1.85 bits per heavy atom. The Labute approximate surface area is 161 Å². The number of carbonyl (C=O) groups is 2. The van der Waals surface area contributed by atoms with E-state index >= 15 is 0 Å². The highest BCUT2D eigenvalue weighted by Gasteiger charge is 2.36. The Balaban J connectivity index is 1.57. The first-order valence-corrected chi connectivity index (χ1v) is 9.87. The zero-order chi connectivity index (χ0) is 19.2. The number of hydrogen-bond donors (Lipinski definition) is 2. The average molecular weight is 374 g/mol. The molecule has 2 heterocycles. The van der Waals surface area contributed by atoms with Crippen molar-refractivity contribution in [2.24, 2.45) is 0 Å². The van der Waals surface area contributed by atoms with Crippen LogP contribution in [0.25, 0.3) is 0 Å². The number of likely N-dealkylation sites (N-methyl/N-ethyl adjacent to an activating group) is 2. The molecule has 2 fully saturated rings. The third kappa shape index (κ3) is 4.78. The standard InChI is InChI=1S/C20H30N4O3/c1-3-21-20(26)18-13-16(14-23(18)4-2)22-19(25)15-5-7-17(8-6-15)24-9-11-27-12-10-24/h5-8,16,18H,3-4,9-14H2,1-2H3,(H,21,26)(H,22,25)/t16-,18-/m0/s1. The number of morpholine rings is 1. The molecule has 0 bridgehead atoms. The number of hydrogen-bond acceptors (Lipinski definition) is 5. The fraction of sp³-hybridized carbons (Fsp3) is 0.600. The molecule has 7 nitrogen and oxygen atoms in total. The van der Waals surface area contributed by atoms with Crippen molar-refractivity contribution in [3.63, 3.8) is 0 Å². The zero-order valence-corrected chi connectivity index (χ0v) is 16.2. The van der Waals surface area contributed by atoms with Gasteiger partial charge in [-0.1, -0.05) is 6.92 Å². The molecule has 1 aromatic rings. The largest absolute Gasteiger partial charge is 0.378 e. The maximum Gasteiger partial charge on any atom is 0.251 e. The molecule has 0 aromatic heterocycles. The van der Waals surface area contributed by atoms with E-state index in [1.807, 2.05) is 38.1 Å². The number of benzene rings is 1.